The highest BCUT2D eigenvalue weighted by Crippen LogP contribution is 2.45. The molecule has 19 heteroatoms. The molecular weight excluding hydrogens is 1150 g/mol. The summed E-state index contributed by atoms with van der Waals surface area (Å²) < 4.78 is 68.1. The fourth-order valence-corrected chi connectivity index (χ4v) is 11.2. The smallest absolute Gasteiger partial charge is 0.462 e. The third kappa shape index (κ3) is 60.9. The molecule has 0 saturated heterocycles. The molecular formula is C68H128O17P2. The predicted molar refractivity (Wildman–Crippen MR) is 349 cm³/mol. The van der Waals surface area contributed by atoms with Gasteiger partial charge < -0.3 is 33.8 Å². The molecule has 0 saturated carbocycles. The number of hydrogen-bond donors (Lipinski definition) is 3. The number of esters is 4. The first-order chi connectivity index (χ1) is 41.8. The number of ether oxygens (including phenoxy) is 4. The highest BCUT2D eigenvalue weighted by molar-refractivity contribution is 7.47. The summed E-state index contributed by atoms with van der Waals surface area (Å²) in [5.74, 6) is -0.000794. The quantitative estimate of drug-likeness (QED) is 0.0169. The third-order valence-corrected chi connectivity index (χ3v) is 17.3. The maximum absolute atomic E-state index is 13.0. The Morgan fingerprint density at radius 2 is 0.678 bits per heavy atom. The minimum atomic E-state index is -4.96. The van der Waals surface area contributed by atoms with E-state index >= 15 is 0 Å². The second-order valence-electron chi connectivity index (χ2n) is 25.1. The molecule has 512 valence electrons. The molecule has 0 spiro atoms. The maximum atomic E-state index is 13.0. The Morgan fingerprint density at radius 1 is 0.379 bits per heavy atom. The zero-order valence-corrected chi connectivity index (χ0v) is 57.7. The zero-order chi connectivity index (χ0) is 64.5. The molecule has 0 heterocycles. The average molecular weight is 1280 g/mol. The van der Waals surface area contributed by atoms with Crippen molar-refractivity contribution in [2.24, 2.45) is 17.8 Å². The first-order valence-electron chi connectivity index (χ1n) is 34.7. The van der Waals surface area contributed by atoms with E-state index in [2.05, 4.69) is 72.8 Å². The van der Waals surface area contributed by atoms with E-state index in [9.17, 15) is 43.2 Å². The second-order valence-corrected chi connectivity index (χ2v) is 28.0. The van der Waals surface area contributed by atoms with Crippen LogP contribution in [0.3, 0.4) is 0 Å². The summed E-state index contributed by atoms with van der Waals surface area (Å²) in [6.07, 6.45) is 44.0. The molecule has 4 unspecified atom stereocenters. The maximum Gasteiger partial charge on any atom is 0.472 e. The summed E-state index contributed by atoms with van der Waals surface area (Å²) in [4.78, 5) is 72.4. The minimum absolute atomic E-state index is 0.0974. The van der Waals surface area contributed by atoms with Crippen LogP contribution in [0.15, 0.2) is 24.3 Å². The largest absolute Gasteiger partial charge is 0.472 e. The monoisotopic (exact) mass is 1280 g/mol. The number of hydrogen-bond acceptors (Lipinski definition) is 15. The average Bonchev–Trinajstić information content (AvgIpc) is 3.69. The number of carbonyl (C=O) groups is 4. The number of allylic oxidation sites excluding steroid dienone is 4. The Bertz CT molecular complexity index is 1810. The Hall–Kier alpha value is -2.46. The molecule has 0 fully saturated rings. The van der Waals surface area contributed by atoms with Crippen LogP contribution < -0.4 is 0 Å². The SMILES string of the molecule is CCCCCC/C=C\C=C/CCCCCCCC(=O)OC[C@H](COP(=O)(O)OCC(O)COP(=O)(O)OC[C@@H](COC(=O)CCCCCCCCCC(C)C)OC(=O)CCCCCCCCCC(C)C)OC(=O)CCCCCCCCCCC(C)CC. The van der Waals surface area contributed by atoms with Gasteiger partial charge in [0.15, 0.2) is 12.2 Å². The number of aliphatic hydroxyl groups excluding tert-OH is 1. The number of phosphoric acid groups is 2. The molecule has 0 radical (unpaired) electrons. The number of carbonyl (C=O) groups excluding carboxylic acids is 4. The molecule has 3 N–H and O–H groups in total. The Morgan fingerprint density at radius 3 is 1.02 bits per heavy atom. The van der Waals surface area contributed by atoms with E-state index in [4.69, 9.17) is 37.0 Å². The fraction of sp³-hybridized carbons (Fsp3) is 0.882. The zero-order valence-electron chi connectivity index (χ0n) is 56.0. The number of unbranched alkanes of at least 4 members (excludes halogenated alkanes) is 28. The van der Waals surface area contributed by atoms with E-state index in [1.165, 1.54) is 96.3 Å². The van der Waals surface area contributed by atoms with E-state index < -0.39 is 97.5 Å². The summed E-state index contributed by atoms with van der Waals surface area (Å²) in [6.45, 7) is 11.6. The lowest BCUT2D eigenvalue weighted by molar-refractivity contribution is -0.161. The topological polar surface area (TPSA) is 237 Å². The summed E-state index contributed by atoms with van der Waals surface area (Å²) in [5.41, 5.74) is 0. The molecule has 0 amide bonds. The van der Waals surface area contributed by atoms with Gasteiger partial charge in [0.25, 0.3) is 0 Å². The van der Waals surface area contributed by atoms with Gasteiger partial charge >= 0.3 is 39.5 Å². The first-order valence-corrected chi connectivity index (χ1v) is 37.7. The molecule has 0 aliphatic rings. The van der Waals surface area contributed by atoms with Crippen LogP contribution in [-0.4, -0.2) is 96.7 Å². The van der Waals surface area contributed by atoms with Crippen molar-refractivity contribution in [2.45, 2.75) is 330 Å². The number of aliphatic hydroxyl groups is 1. The van der Waals surface area contributed by atoms with E-state index in [1.54, 1.807) is 0 Å². The van der Waals surface area contributed by atoms with Crippen molar-refractivity contribution >= 4 is 39.5 Å². The second kappa shape index (κ2) is 58.6. The van der Waals surface area contributed by atoms with Crippen molar-refractivity contribution in [1.82, 2.24) is 0 Å². The van der Waals surface area contributed by atoms with Crippen LogP contribution in [0, 0.1) is 17.8 Å². The van der Waals surface area contributed by atoms with E-state index in [1.807, 2.05) is 0 Å². The molecule has 17 nitrogen and oxygen atoms in total. The van der Waals surface area contributed by atoms with Gasteiger partial charge in [-0.2, -0.15) is 0 Å². The molecule has 0 aliphatic heterocycles. The summed E-state index contributed by atoms with van der Waals surface area (Å²) in [5, 5.41) is 10.6. The summed E-state index contributed by atoms with van der Waals surface area (Å²) in [7, 11) is -9.91. The minimum Gasteiger partial charge on any atom is -0.462 e. The molecule has 0 aromatic rings. The lowest BCUT2D eigenvalue weighted by Gasteiger charge is -2.21. The molecule has 6 atom stereocenters. The van der Waals surface area contributed by atoms with Crippen LogP contribution in [0.2, 0.25) is 0 Å². The van der Waals surface area contributed by atoms with Gasteiger partial charge in [-0.05, 0) is 69.1 Å². The lowest BCUT2D eigenvalue weighted by Crippen LogP contribution is -2.30. The van der Waals surface area contributed by atoms with E-state index in [0.717, 1.165) is 121 Å². The van der Waals surface area contributed by atoms with Crippen molar-refractivity contribution in [3.05, 3.63) is 24.3 Å². The molecule has 0 rings (SSSR count). The molecule has 0 aliphatic carbocycles. The normalized spacial score (nSPS) is 14.8. The predicted octanol–water partition coefficient (Wildman–Crippen LogP) is 18.6. The van der Waals surface area contributed by atoms with Gasteiger partial charge in [-0.25, -0.2) is 9.13 Å². The lowest BCUT2D eigenvalue weighted by atomic mass is 9.99. The Kier molecular flexibility index (Phi) is 57.0. The fourth-order valence-electron chi connectivity index (χ4n) is 9.61. The van der Waals surface area contributed by atoms with Crippen molar-refractivity contribution in [3.8, 4) is 0 Å². The van der Waals surface area contributed by atoms with E-state index in [0.29, 0.717) is 37.5 Å². The van der Waals surface area contributed by atoms with Gasteiger partial charge in [0.2, 0.25) is 0 Å². The molecule has 0 aromatic heterocycles. The van der Waals surface area contributed by atoms with Gasteiger partial charge in [-0.3, -0.25) is 37.3 Å². The Labute approximate surface area is 529 Å². The van der Waals surface area contributed by atoms with E-state index in [-0.39, 0.29) is 25.7 Å². The molecule has 0 aromatic carbocycles. The first kappa shape index (κ1) is 84.5. The van der Waals surface area contributed by atoms with Crippen LogP contribution in [-0.2, 0) is 65.4 Å². The van der Waals surface area contributed by atoms with Gasteiger partial charge in [0, 0.05) is 25.7 Å². The molecule has 87 heavy (non-hydrogen) atoms. The van der Waals surface area contributed by atoms with Crippen LogP contribution in [0.1, 0.15) is 312 Å². The van der Waals surface area contributed by atoms with Crippen LogP contribution in [0.4, 0.5) is 0 Å². The van der Waals surface area contributed by atoms with Gasteiger partial charge in [-0.1, -0.05) is 259 Å². The standard InChI is InChI=1S/C68H128O17P2/c1-8-10-11-12-13-14-15-16-17-18-19-20-28-35-42-49-65(70)78-55-63(84-67(72)51-44-37-29-22-21-27-34-41-48-61(7)9-2)57-82-86(74,75)80-53-62(69)54-81-87(76,77)83-58-64(85-68(73)52-45-38-31-24-26-33-40-47-60(5)6)56-79-66(71)50-43-36-30-23-25-32-39-46-59(3)4/h14-17,59-64,69H,8-13,18-58H2,1-7H3,(H,74,75)(H,76,77)/b15-14-,17-16-/t61?,62?,63-,64-/m1/s1. The molecule has 0 bridgehead atoms. The Balaban J connectivity index is 5.28. The van der Waals surface area contributed by atoms with Crippen LogP contribution in [0.25, 0.3) is 0 Å². The number of phosphoric ester groups is 2. The van der Waals surface area contributed by atoms with Gasteiger partial charge in [0.1, 0.15) is 19.3 Å². The van der Waals surface area contributed by atoms with Crippen molar-refractivity contribution < 1.29 is 80.2 Å². The summed E-state index contributed by atoms with van der Waals surface area (Å²) in [6, 6.07) is 0. The van der Waals surface area contributed by atoms with Crippen molar-refractivity contribution in [2.75, 3.05) is 39.6 Å². The van der Waals surface area contributed by atoms with Crippen LogP contribution in [0.5, 0.6) is 0 Å². The van der Waals surface area contributed by atoms with Crippen LogP contribution >= 0.6 is 15.6 Å². The van der Waals surface area contributed by atoms with Crippen molar-refractivity contribution in [1.29, 1.82) is 0 Å². The van der Waals surface area contributed by atoms with Crippen molar-refractivity contribution in [3.63, 3.8) is 0 Å². The third-order valence-electron chi connectivity index (χ3n) is 15.4. The van der Waals surface area contributed by atoms with Gasteiger partial charge in [-0.15, -0.1) is 0 Å². The number of rotatable bonds is 64. The summed E-state index contributed by atoms with van der Waals surface area (Å²) >= 11 is 0. The highest BCUT2D eigenvalue weighted by Gasteiger charge is 2.30. The highest BCUT2D eigenvalue weighted by atomic mass is 31.2. The van der Waals surface area contributed by atoms with Gasteiger partial charge in [0.05, 0.1) is 26.4 Å².